The second-order valence-corrected chi connectivity index (χ2v) is 6.89. The van der Waals surface area contributed by atoms with E-state index in [9.17, 15) is 14.4 Å². The van der Waals surface area contributed by atoms with E-state index in [0.717, 1.165) is 11.1 Å². The Morgan fingerprint density at radius 1 is 1.17 bits per heavy atom. The third-order valence-electron chi connectivity index (χ3n) is 4.61. The Morgan fingerprint density at radius 2 is 1.90 bits per heavy atom. The molecule has 152 valence electrons. The van der Waals surface area contributed by atoms with Gasteiger partial charge in [0.05, 0.1) is 12.1 Å². The predicted octanol–water partition coefficient (Wildman–Crippen LogP) is 2.36. The summed E-state index contributed by atoms with van der Waals surface area (Å²) in [4.78, 5) is 38.0. The number of nitrogens with one attached hydrogen (secondary N) is 1. The van der Waals surface area contributed by atoms with Crippen LogP contribution >= 0.6 is 0 Å². The van der Waals surface area contributed by atoms with E-state index < -0.39 is 12.1 Å². The molecule has 7 heteroatoms. The molecular weight excluding hydrogens is 372 g/mol. The van der Waals surface area contributed by atoms with Crippen molar-refractivity contribution in [2.24, 2.45) is 0 Å². The second kappa shape index (κ2) is 9.23. The van der Waals surface area contributed by atoms with E-state index in [1.165, 1.54) is 11.8 Å². The van der Waals surface area contributed by atoms with Gasteiger partial charge in [0.1, 0.15) is 5.75 Å². The Labute approximate surface area is 169 Å². The number of esters is 1. The maximum Gasteiger partial charge on any atom is 0.308 e. The molecule has 1 aliphatic heterocycles. The number of benzene rings is 2. The van der Waals surface area contributed by atoms with E-state index in [1.54, 1.807) is 18.2 Å². The van der Waals surface area contributed by atoms with E-state index in [4.69, 9.17) is 9.47 Å². The van der Waals surface area contributed by atoms with Gasteiger partial charge in [0.2, 0.25) is 0 Å². The quantitative estimate of drug-likeness (QED) is 0.727. The average molecular weight is 396 g/mol. The number of nitrogens with zero attached hydrogens (tertiary/aromatic N) is 1. The standard InChI is InChI=1S/C22H24N2O5/c1-15-7-9-17(10-8-15)13-23-22(27)16(2)29-21(26)11-12-24-18-5-3-4-6-19(18)28-14-20(24)25/h3-10,16H,11-14H2,1-2H3,(H,23,27)/t16-/m0/s1. The summed E-state index contributed by atoms with van der Waals surface area (Å²) in [6.07, 6.45) is -0.934. The van der Waals surface area contributed by atoms with Gasteiger partial charge in [-0.2, -0.15) is 0 Å². The molecule has 0 unspecified atom stereocenters. The maximum absolute atomic E-state index is 12.2. The van der Waals surface area contributed by atoms with Crippen LogP contribution in [-0.4, -0.2) is 37.0 Å². The third-order valence-corrected chi connectivity index (χ3v) is 4.61. The fraction of sp³-hybridized carbons (Fsp3) is 0.318. The minimum Gasteiger partial charge on any atom is -0.482 e. The number of ether oxygens (including phenoxy) is 2. The summed E-state index contributed by atoms with van der Waals surface area (Å²) in [5.74, 6) is -0.531. The number of carbonyl (C=O) groups is 3. The van der Waals surface area contributed by atoms with E-state index in [1.807, 2.05) is 37.3 Å². The molecule has 2 aromatic carbocycles. The van der Waals surface area contributed by atoms with Gasteiger partial charge in [0, 0.05) is 13.1 Å². The summed E-state index contributed by atoms with van der Waals surface area (Å²) in [6, 6.07) is 15.0. The lowest BCUT2D eigenvalue weighted by atomic mass is 10.1. The van der Waals surface area contributed by atoms with Gasteiger partial charge in [-0.05, 0) is 31.5 Å². The summed E-state index contributed by atoms with van der Waals surface area (Å²) in [6.45, 7) is 3.98. The van der Waals surface area contributed by atoms with Crippen molar-refractivity contribution in [1.82, 2.24) is 5.32 Å². The number of aryl methyl sites for hydroxylation is 1. The number of carbonyl (C=O) groups excluding carboxylic acids is 3. The predicted molar refractivity (Wildman–Crippen MR) is 107 cm³/mol. The highest BCUT2D eigenvalue weighted by Gasteiger charge is 2.26. The fourth-order valence-electron chi connectivity index (χ4n) is 2.95. The van der Waals surface area contributed by atoms with E-state index >= 15 is 0 Å². The topological polar surface area (TPSA) is 84.9 Å². The molecule has 7 nitrogen and oxygen atoms in total. The van der Waals surface area contributed by atoms with Crippen LogP contribution in [0.15, 0.2) is 48.5 Å². The van der Waals surface area contributed by atoms with Gasteiger partial charge in [-0.3, -0.25) is 14.4 Å². The molecule has 0 aliphatic carbocycles. The fourth-order valence-corrected chi connectivity index (χ4v) is 2.95. The Balaban J connectivity index is 1.47. The zero-order valence-electron chi connectivity index (χ0n) is 16.5. The molecule has 29 heavy (non-hydrogen) atoms. The first kappa shape index (κ1) is 20.4. The molecule has 1 N–H and O–H groups in total. The average Bonchev–Trinajstić information content (AvgIpc) is 2.72. The molecule has 0 radical (unpaired) electrons. The van der Waals surface area contributed by atoms with Crippen LogP contribution in [0.1, 0.15) is 24.5 Å². The van der Waals surface area contributed by atoms with Crippen molar-refractivity contribution in [3.63, 3.8) is 0 Å². The first-order valence-electron chi connectivity index (χ1n) is 9.49. The molecule has 2 aromatic rings. The van der Waals surface area contributed by atoms with Crippen LogP contribution in [0.4, 0.5) is 5.69 Å². The summed E-state index contributed by atoms with van der Waals surface area (Å²) >= 11 is 0. The van der Waals surface area contributed by atoms with Crippen molar-refractivity contribution in [3.05, 3.63) is 59.7 Å². The minimum absolute atomic E-state index is 0.0182. The Hall–Kier alpha value is -3.35. The number of hydrogen-bond donors (Lipinski definition) is 1. The monoisotopic (exact) mass is 396 g/mol. The van der Waals surface area contributed by atoms with Gasteiger partial charge in [-0.25, -0.2) is 0 Å². The molecule has 0 spiro atoms. The number of fused-ring (bicyclic) bond motifs is 1. The smallest absolute Gasteiger partial charge is 0.308 e. The summed E-state index contributed by atoms with van der Waals surface area (Å²) in [7, 11) is 0. The number of para-hydroxylation sites is 2. The minimum atomic E-state index is -0.916. The molecular formula is C22H24N2O5. The number of rotatable bonds is 7. The number of hydrogen-bond acceptors (Lipinski definition) is 5. The largest absolute Gasteiger partial charge is 0.482 e. The van der Waals surface area contributed by atoms with Gasteiger partial charge >= 0.3 is 5.97 Å². The van der Waals surface area contributed by atoms with Crippen molar-refractivity contribution >= 4 is 23.5 Å². The Kier molecular flexibility index (Phi) is 6.49. The Bertz CT molecular complexity index is 894. The Morgan fingerprint density at radius 3 is 2.66 bits per heavy atom. The van der Waals surface area contributed by atoms with Crippen molar-refractivity contribution in [2.45, 2.75) is 32.9 Å². The van der Waals surface area contributed by atoms with Gasteiger partial charge in [0.15, 0.2) is 12.7 Å². The molecule has 1 atom stereocenters. The summed E-state index contributed by atoms with van der Waals surface area (Å²) in [5, 5.41) is 2.75. The molecule has 1 heterocycles. The molecule has 0 aromatic heterocycles. The highest BCUT2D eigenvalue weighted by molar-refractivity contribution is 5.98. The highest BCUT2D eigenvalue weighted by Crippen LogP contribution is 2.31. The maximum atomic E-state index is 12.2. The van der Waals surface area contributed by atoms with Crippen LogP contribution in [-0.2, 0) is 25.7 Å². The molecule has 1 aliphatic rings. The SMILES string of the molecule is Cc1ccc(CNC(=O)[C@H](C)OC(=O)CCN2C(=O)COc3ccccc32)cc1. The van der Waals surface area contributed by atoms with Gasteiger partial charge in [0.25, 0.3) is 11.8 Å². The van der Waals surface area contributed by atoms with Crippen molar-refractivity contribution < 1.29 is 23.9 Å². The van der Waals surface area contributed by atoms with Gasteiger partial charge in [-0.1, -0.05) is 42.0 Å². The van der Waals surface area contributed by atoms with E-state index in [0.29, 0.717) is 18.0 Å². The molecule has 0 fully saturated rings. The van der Waals surface area contributed by atoms with Gasteiger partial charge < -0.3 is 19.7 Å². The zero-order chi connectivity index (χ0) is 20.8. The van der Waals surface area contributed by atoms with Crippen molar-refractivity contribution in [1.29, 1.82) is 0 Å². The lowest BCUT2D eigenvalue weighted by molar-refractivity contribution is -0.154. The number of amides is 2. The molecule has 0 saturated heterocycles. The first-order valence-corrected chi connectivity index (χ1v) is 9.49. The van der Waals surface area contributed by atoms with Crippen molar-refractivity contribution in [3.8, 4) is 5.75 Å². The highest BCUT2D eigenvalue weighted by atomic mass is 16.5. The van der Waals surface area contributed by atoms with E-state index in [-0.39, 0.29) is 31.4 Å². The summed E-state index contributed by atoms with van der Waals surface area (Å²) in [5.41, 5.74) is 2.73. The third kappa shape index (κ3) is 5.34. The lowest BCUT2D eigenvalue weighted by Gasteiger charge is -2.29. The van der Waals surface area contributed by atoms with Gasteiger partial charge in [-0.15, -0.1) is 0 Å². The van der Waals surface area contributed by atoms with Crippen LogP contribution < -0.4 is 15.0 Å². The zero-order valence-corrected chi connectivity index (χ0v) is 16.5. The van der Waals surface area contributed by atoms with Crippen LogP contribution in [0.25, 0.3) is 0 Å². The van der Waals surface area contributed by atoms with Crippen molar-refractivity contribution in [2.75, 3.05) is 18.1 Å². The molecule has 2 amide bonds. The second-order valence-electron chi connectivity index (χ2n) is 6.89. The lowest BCUT2D eigenvalue weighted by Crippen LogP contribution is -2.41. The summed E-state index contributed by atoms with van der Waals surface area (Å²) < 4.78 is 10.6. The number of anilines is 1. The first-order chi connectivity index (χ1) is 13.9. The van der Waals surface area contributed by atoms with E-state index in [2.05, 4.69) is 5.32 Å². The normalized spacial score (nSPS) is 13.9. The molecule has 0 saturated carbocycles. The molecule has 3 rings (SSSR count). The van der Waals surface area contributed by atoms with Crippen LogP contribution in [0, 0.1) is 6.92 Å². The molecule has 0 bridgehead atoms. The van der Waals surface area contributed by atoms with Crippen LogP contribution in [0.3, 0.4) is 0 Å². The van der Waals surface area contributed by atoms with Crippen LogP contribution in [0.2, 0.25) is 0 Å². The van der Waals surface area contributed by atoms with Crippen LogP contribution in [0.5, 0.6) is 5.75 Å².